The van der Waals surface area contributed by atoms with E-state index in [9.17, 15) is 4.39 Å². The largest absolute Gasteiger partial charge is 0.375 e. The Morgan fingerprint density at radius 3 is 2.61 bits per heavy atom. The molecule has 2 aromatic rings. The van der Waals surface area contributed by atoms with Crippen molar-refractivity contribution in [2.75, 3.05) is 5.73 Å². The van der Waals surface area contributed by atoms with E-state index in [0.717, 1.165) is 21.7 Å². The van der Waals surface area contributed by atoms with E-state index in [1.165, 1.54) is 11.3 Å². The summed E-state index contributed by atoms with van der Waals surface area (Å²) in [5.41, 5.74) is 8.67. The minimum atomic E-state index is -0.238. The molecular formula is C13H14BrFN2S. The van der Waals surface area contributed by atoms with Gasteiger partial charge in [0.1, 0.15) is 5.82 Å². The number of rotatable bonds is 2. The lowest BCUT2D eigenvalue weighted by atomic mass is 9.94. The van der Waals surface area contributed by atoms with E-state index in [2.05, 4.69) is 27.8 Å². The van der Waals surface area contributed by atoms with Crippen LogP contribution in [0.15, 0.2) is 16.6 Å². The molecule has 0 aliphatic rings. The molecular weight excluding hydrogens is 315 g/mol. The lowest BCUT2D eigenvalue weighted by Crippen LogP contribution is -2.00. The number of thiazole rings is 1. The molecule has 96 valence electrons. The first-order chi connectivity index (χ1) is 8.40. The summed E-state index contributed by atoms with van der Waals surface area (Å²) in [6.07, 6.45) is 0. The van der Waals surface area contributed by atoms with Gasteiger partial charge in [-0.3, -0.25) is 0 Å². The van der Waals surface area contributed by atoms with Gasteiger partial charge >= 0.3 is 0 Å². The van der Waals surface area contributed by atoms with E-state index in [1.807, 2.05) is 13.8 Å². The zero-order valence-electron chi connectivity index (χ0n) is 10.4. The maximum absolute atomic E-state index is 13.7. The molecule has 0 saturated carbocycles. The highest BCUT2D eigenvalue weighted by molar-refractivity contribution is 9.10. The Morgan fingerprint density at radius 1 is 1.39 bits per heavy atom. The summed E-state index contributed by atoms with van der Waals surface area (Å²) in [6.45, 7) is 5.97. The molecule has 18 heavy (non-hydrogen) atoms. The average Bonchev–Trinajstić information content (AvgIpc) is 2.62. The van der Waals surface area contributed by atoms with Gasteiger partial charge in [0.15, 0.2) is 5.13 Å². The molecule has 0 spiro atoms. The van der Waals surface area contributed by atoms with Crippen molar-refractivity contribution < 1.29 is 4.39 Å². The molecule has 0 bridgehead atoms. The Balaban J connectivity index is 2.49. The number of hydrogen-bond acceptors (Lipinski definition) is 3. The number of nitrogens with zero attached hydrogens (tertiary/aromatic N) is 1. The van der Waals surface area contributed by atoms with E-state index >= 15 is 0 Å². The van der Waals surface area contributed by atoms with Crippen LogP contribution in [0.4, 0.5) is 9.52 Å². The second kappa shape index (κ2) is 4.97. The zero-order chi connectivity index (χ0) is 13.4. The molecule has 1 heterocycles. The fraction of sp³-hybridized carbons (Fsp3) is 0.308. The Bertz CT molecular complexity index is 595. The van der Waals surface area contributed by atoms with E-state index in [0.29, 0.717) is 9.60 Å². The number of nitrogens with two attached hydrogens (primary N) is 1. The van der Waals surface area contributed by atoms with Gasteiger partial charge in [0, 0.05) is 10.8 Å². The molecule has 0 radical (unpaired) electrons. The van der Waals surface area contributed by atoms with Crippen molar-refractivity contribution in [3.8, 4) is 0 Å². The maximum atomic E-state index is 13.7. The van der Waals surface area contributed by atoms with E-state index < -0.39 is 0 Å². The maximum Gasteiger partial charge on any atom is 0.180 e. The van der Waals surface area contributed by atoms with Crippen LogP contribution < -0.4 is 5.73 Å². The molecule has 5 heteroatoms. The predicted octanol–water partition coefficient (Wildman–Crippen LogP) is 4.40. The second-order valence-electron chi connectivity index (χ2n) is 4.35. The van der Waals surface area contributed by atoms with Crippen molar-refractivity contribution in [2.24, 2.45) is 0 Å². The molecule has 1 atom stereocenters. The zero-order valence-corrected chi connectivity index (χ0v) is 12.8. The number of anilines is 1. The van der Waals surface area contributed by atoms with Gasteiger partial charge in [0.05, 0.1) is 10.2 Å². The quantitative estimate of drug-likeness (QED) is 0.887. The lowest BCUT2D eigenvalue weighted by molar-refractivity contribution is 0.616. The second-order valence-corrected chi connectivity index (χ2v) is 6.26. The fourth-order valence-electron chi connectivity index (χ4n) is 2.10. The molecule has 0 fully saturated rings. The summed E-state index contributed by atoms with van der Waals surface area (Å²) in [7, 11) is 0. The summed E-state index contributed by atoms with van der Waals surface area (Å²) in [4.78, 5) is 5.32. The minimum absolute atomic E-state index is 0.0994. The smallest absolute Gasteiger partial charge is 0.180 e. The summed E-state index contributed by atoms with van der Waals surface area (Å²) >= 11 is 4.67. The van der Waals surface area contributed by atoms with Crippen LogP contribution in [-0.4, -0.2) is 4.98 Å². The van der Waals surface area contributed by atoms with Crippen LogP contribution in [0, 0.1) is 19.7 Å². The Hall–Kier alpha value is -0.940. The first-order valence-corrected chi connectivity index (χ1v) is 7.19. The van der Waals surface area contributed by atoms with E-state index in [-0.39, 0.29) is 11.7 Å². The molecule has 2 N–H and O–H groups in total. The van der Waals surface area contributed by atoms with Gasteiger partial charge in [-0.2, -0.15) is 0 Å². The van der Waals surface area contributed by atoms with Gasteiger partial charge in [0.25, 0.3) is 0 Å². The number of aryl methyl sites for hydroxylation is 2. The monoisotopic (exact) mass is 328 g/mol. The van der Waals surface area contributed by atoms with Crippen molar-refractivity contribution in [3.63, 3.8) is 0 Å². The highest BCUT2D eigenvalue weighted by Gasteiger charge is 2.18. The average molecular weight is 329 g/mol. The molecule has 1 aromatic heterocycles. The van der Waals surface area contributed by atoms with Gasteiger partial charge < -0.3 is 5.73 Å². The molecule has 0 aliphatic heterocycles. The van der Waals surface area contributed by atoms with Crippen LogP contribution in [0.3, 0.4) is 0 Å². The fourth-order valence-corrected chi connectivity index (χ4v) is 3.46. The summed E-state index contributed by atoms with van der Waals surface area (Å²) < 4.78 is 14.2. The molecule has 0 amide bonds. The molecule has 0 aliphatic carbocycles. The molecule has 0 saturated heterocycles. The van der Waals surface area contributed by atoms with Crippen LogP contribution in [0.5, 0.6) is 0 Å². The summed E-state index contributed by atoms with van der Waals surface area (Å²) in [5.74, 6) is -0.139. The van der Waals surface area contributed by atoms with Gasteiger partial charge in [-0.25, -0.2) is 9.37 Å². The first-order valence-electron chi connectivity index (χ1n) is 5.58. The number of hydrogen-bond donors (Lipinski definition) is 1. The topological polar surface area (TPSA) is 38.9 Å². The van der Waals surface area contributed by atoms with Crippen LogP contribution in [-0.2, 0) is 0 Å². The standard InChI is InChI=1S/C13H14BrFN2S/c1-6-4-10(14)11(15)5-9(6)7(2)12-8(3)17-13(16)18-12/h4-5,7H,1-3H3,(H2,16,17). The van der Waals surface area contributed by atoms with Crippen molar-refractivity contribution in [1.82, 2.24) is 4.98 Å². The third kappa shape index (κ3) is 2.42. The van der Waals surface area contributed by atoms with Crippen molar-refractivity contribution in [2.45, 2.75) is 26.7 Å². The Kier molecular flexibility index (Phi) is 3.73. The number of aromatic nitrogens is 1. The Morgan fingerprint density at radius 2 is 2.06 bits per heavy atom. The van der Waals surface area contributed by atoms with Crippen LogP contribution >= 0.6 is 27.3 Å². The van der Waals surface area contributed by atoms with Crippen molar-refractivity contribution >= 4 is 32.4 Å². The summed E-state index contributed by atoms with van der Waals surface area (Å²) in [6, 6.07) is 3.39. The van der Waals surface area contributed by atoms with Gasteiger partial charge in [-0.05, 0) is 53.0 Å². The predicted molar refractivity (Wildman–Crippen MR) is 77.6 cm³/mol. The van der Waals surface area contributed by atoms with Gasteiger partial charge in [0.2, 0.25) is 0 Å². The SMILES string of the molecule is Cc1cc(Br)c(F)cc1C(C)c1sc(N)nc1C. The molecule has 2 rings (SSSR count). The lowest BCUT2D eigenvalue weighted by Gasteiger charge is -2.14. The van der Waals surface area contributed by atoms with E-state index in [1.54, 1.807) is 12.1 Å². The van der Waals surface area contributed by atoms with E-state index in [4.69, 9.17) is 5.73 Å². The number of nitrogen functional groups attached to an aromatic ring is 1. The van der Waals surface area contributed by atoms with Crippen LogP contribution in [0.25, 0.3) is 0 Å². The van der Waals surface area contributed by atoms with Gasteiger partial charge in [-0.15, -0.1) is 11.3 Å². The first kappa shape index (κ1) is 13.5. The normalized spacial score (nSPS) is 12.7. The summed E-state index contributed by atoms with van der Waals surface area (Å²) in [5, 5.41) is 0.560. The molecule has 1 unspecified atom stereocenters. The third-order valence-corrected chi connectivity index (χ3v) is 4.79. The third-order valence-electron chi connectivity index (χ3n) is 3.02. The highest BCUT2D eigenvalue weighted by atomic mass is 79.9. The van der Waals surface area contributed by atoms with Crippen molar-refractivity contribution in [1.29, 1.82) is 0 Å². The Labute approximate surface area is 118 Å². The van der Waals surface area contributed by atoms with Crippen LogP contribution in [0.2, 0.25) is 0 Å². The number of halogens is 2. The number of benzene rings is 1. The van der Waals surface area contributed by atoms with Gasteiger partial charge in [-0.1, -0.05) is 6.92 Å². The highest BCUT2D eigenvalue weighted by Crippen LogP contribution is 2.35. The van der Waals surface area contributed by atoms with Crippen molar-refractivity contribution in [3.05, 3.63) is 44.1 Å². The minimum Gasteiger partial charge on any atom is -0.375 e. The molecule has 1 aromatic carbocycles. The molecule has 2 nitrogen and oxygen atoms in total. The van der Waals surface area contributed by atoms with Crippen LogP contribution in [0.1, 0.15) is 34.5 Å².